The fourth-order valence-corrected chi connectivity index (χ4v) is 3.62. The standard InChI is InChI=1S/C25H26F3N7O2.C2HF3O2/c1-15(2)37-19-8-17(7-18(10-19)33-24(36)30-13-25(26,27)28)21-12-29-23-9-16(5-6-35(21)23)20-11-22(34(3)4)32-14-31-20;3-2(4,5)1(6)7/h5-12,14-15H,13H2,1-4H3,(H2,30,33,36);(H,6,7). The maximum atomic E-state index is 12.5. The summed E-state index contributed by atoms with van der Waals surface area (Å²) in [7, 11) is 3.80. The number of rotatable bonds is 7. The second-order valence-corrected chi connectivity index (χ2v) is 9.58. The molecule has 0 saturated carbocycles. The zero-order valence-corrected chi connectivity index (χ0v) is 23.7. The van der Waals surface area contributed by atoms with Crippen LogP contribution in [0.4, 0.5) is 42.6 Å². The number of aromatic nitrogens is 4. The Kier molecular flexibility index (Phi) is 10.2. The van der Waals surface area contributed by atoms with Crippen LogP contribution in [0.1, 0.15) is 13.8 Å². The highest BCUT2D eigenvalue weighted by Gasteiger charge is 2.38. The van der Waals surface area contributed by atoms with Crippen LogP contribution in [0.15, 0.2) is 55.1 Å². The first-order chi connectivity index (χ1) is 20.4. The Bertz CT molecular complexity index is 1620. The Morgan fingerprint density at radius 1 is 1.00 bits per heavy atom. The van der Waals surface area contributed by atoms with Crippen molar-refractivity contribution in [2.75, 3.05) is 30.9 Å². The van der Waals surface area contributed by atoms with E-state index in [4.69, 9.17) is 14.6 Å². The predicted octanol–water partition coefficient (Wildman–Crippen LogP) is 5.63. The van der Waals surface area contributed by atoms with E-state index in [1.54, 1.807) is 29.7 Å². The molecule has 0 fully saturated rings. The van der Waals surface area contributed by atoms with Crippen LogP contribution in [0, 0.1) is 0 Å². The van der Waals surface area contributed by atoms with E-state index in [-0.39, 0.29) is 11.8 Å². The van der Waals surface area contributed by atoms with E-state index in [1.165, 1.54) is 6.33 Å². The quantitative estimate of drug-likeness (QED) is 0.225. The molecule has 44 heavy (non-hydrogen) atoms. The maximum Gasteiger partial charge on any atom is 0.490 e. The van der Waals surface area contributed by atoms with E-state index in [1.807, 2.05) is 61.6 Å². The highest BCUT2D eigenvalue weighted by atomic mass is 19.4. The number of alkyl halides is 6. The number of nitrogens with zero attached hydrogens (tertiary/aromatic N) is 5. The molecule has 1 aromatic carbocycles. The Hall–Kier alpha value is -5.09. The molecular formula is C27H27F6N7O4. The van der Waals surface area contributed by atoms with Gasteiger partial charge in [0, 0.05) is 49.2 Å². The molecule has 3 heterocycles. The van der Waals surface area contributed by atoms with Gasteiger partial charge in [0.1, 0.15) is 30.1 Å². The summed E-state index contributed by atoms with van der Waals surface area (Å²) >= 11 is 0. The van der Waals surface area contributed by atoms with Gasteiger partial charge < -0.3 is 25.4 Å². The topological polar surface area (TPSA) is 134 Å². The highest BCUT2D eigenvalue weighted by Crippen LogP contribution is 2.31. The van der Waals surface area contributed by atoms with Crippen LogP contribution in [0.2, 0.25) is 0 Å². The lowest BCUT2D eigenvalue weighted by Gasteiger charge is -2.15. The number of carboxylic acid groups (broad SMARTS) is 1. The SMILES string of the molecule is CC(C)Oc1cc(NC(=O)NCC(F)(F)F)cc(-c2cnc3cc(-c4cc(N(C)C)ncn4)ccn23)c1.O=C(O)C(F)(F)F. The van der Waals surface area contributed by atoms with Crippen LogP contribution in [-0.2, 0) is 4.79 Å². The molecule has 2 amide bonds. The zero-order valence-electron chi connectivity index (χ0n) is 23.7. The summed E-state index contributed by atoms with van der Waals surface area (Å²) < 4.78 is 76.8. The number of carbonyl (C=O) groups excluding carboxylic acids is 1. The number of aliphatic carboxylic acids is 1. The molecule has 0 atom stereocenters. The minimum Gasteiger partial charge on any atom is -0.491 e. The van der Waals surface area contributed by atoms with E-state index < -0.39 is 30.9 Å². The molecule has 0 spiro atoms. The molecule has 0 aliphatic carbocycles. The van der Waals surface area contributed by atoms with E-state index in [9.17, 15) is 31.1 Å². The molecule has 3 aromatic heterocycles. The third-order valence-electron chi connectivity index (χ3n) is 5.44. The van der Waals surface area contributed by atoms with Gasteiger partial charge in [-0.1, -0.05) is 0 Å². The van der Waals surface area contributed by atoms with Crippen molar-refractivity contribution in [1.82, 2.24) is 24.7 Å². The normalized spacial score (nSPS) is 11.5. The van der Waals surface area contributed by atoms with E-state index in [0.717, 1.165) is 17.1 Å². The number of hydrogen-bond donors (Lipinski definition) is 3. The van der Waals surface area contributed by atoms with Gasteiger partial charge in [-0.25, -0.2) is 24.5 Å². The smallest absolute Gasteiger partial charge is 0.490 e. The second kappa shape index (κ2) is 13.5. The number of anilines is 2. The number of halogens is 6. The average Bonchev–Trinajstić information content (AvgIpc) is 3.34. The number of urea groups is 1. The number of imidazole rings is 1. The summed E-state index contributed by atoms with van der Waals surface area (Å²) in [6, 6.07) is 9.67. The molecule has 0 bridgehead atoms. The summed E-state index contributed by atoms with van der Waals surface area (Å²) in [5.74, 6) is -1.54. The van der Waals surface area contributed by atoms with Crippen molar-refractivity contribution < 1.29 is 45.8 Å². The third kappa shape index (κ3) is 9.47. The van der Waals surface area contributed by atoms with Gasteiger partial charge in [0.25, 0.3) is 0 Å². The first-order valence-corrected chi connectivity index (χ1v) is 12.6. The molecule has 236 valence electrons. The fourth-order valence-electron chi connectivity index (χ4n) is 3.62. The zero-order chi connectivity index (χ0) is 32.8. The van der Waals surface area contributed by atoms with E-state index in [0.29, 0.717) is 22.7 Å². The molecule has 11 nitrogen and oxygen atoms in total. The average molecular weight is 628 g/mol. The molecule has 0 radical (unpaired) electrons. The molecule has 3 N–H and O–H groups in total. The Morgan fingerprint density at radius 2 is 1.68 bits per heavy atom. The molecule has 0 unspecified atom stereocenters. The summed E-state index contributed by atoms with van der Waals surface area (Å²) in [6.45, 7) is 2.26. The van der Waals surface area contributed by atoms with Crippen molar-refractivity contribution in [1.29, 1.82) is 0 Å². The molecule has 0 aliphatic rings. The molecule has 0 saturated heterocycles. The Balaban J connectivity index is 0.000000676. The molecule has 17 heteroatoms. The number of ether oxygens (including phenoxy) is 1. The number of benzene rings is 1. The molecular weight excluding hydrogens is 600 g/mol. The van der Waals surface area contributed by atoms with Crippen LogP contribution in [-0.4, -0.2) is 75.6 Å². The van der Waals surface area contributed by atoms with Crippen LogP contribution >= 0.6 is 0 Å². The van der Waals surface area contributed by atoms with Crippen molar-refractivity contribution in [2.45, 2.75) is 32.3 Å². The summed E-state index contributed by atoms with van der Waals surface area (Å²) in [6.07, 6.45) is -4.73. The van der Waals surface area contributed by atoms with E-state index in [2.05, 4.69) is 20.3 Å². The molecule has 4 aromatic rings. The van der Waals surface area contributed by atoms with Gasteiger partial charge in [-0.3, -0.25) is 4.40 Å². The monoisotopic (exact) mass is 627 g/mol. The van der Waals surface area contributed by atoms with Crippen molar-refractivity contribution in [3.05, 3.63) is 55.1 Å². The van der Waals surface area contributed by atoms with Crippen molar-refractivity contribution in [3.63, 3.8) is 0 Å². The minimum atomic E-state index is -5.08. The summed E-state index contributed by atoms with van der Waals surface area (Å²) in [5.41, 5.74) is 3.89. The van der Waals surface area contributed by atoms with Gasteiger partial charge in [-0.15, -0.1) is 0 Å². The van der Waals surface area contributed by atoms with Gasteiger partial charge in [0.2, 0.25) is 0 Å². The van der Waals surface area contributed by atoms with Crippen LogP contribution < -0.4 is 20.3 Å². The first-order valence-electron chi connectivity index (χ1n) is 12.6. The third-order valence-corrected chi connectivity index (χ3v) is 5.44. The first kappa shape index (κ1) is 33.4. The number of carboxylic acids is 1. The minimum absolute atomic E-state index is 0.160. The van der Waals surface area contributed by atoms with E-state index >= 15 is 0 Å². The lowest BCUT2D eigenvalue weighted by atomic mass is 10.1. The largest absolute Gasteiger partial charge is 0.491 e. The lowest BCUT2D eigenvalue weighted by Crippen LogP contribution is -2.36. The maximum absolute atomic E-state index is 12.5. The molecule has 4 rings (SSSR count). The number of fused-ring (bicyclic) bond motifs is 1. The van der Waals surface area contributed by atoms with Gasteiger partial charge >= 0.3 is 24.4 Å². The number of nitrogens with one attached hydrogen (secondary N) is 2. The molecule has 0 aliphatic heterocycles. The van der Waals surface area contributed by atoms with Gasteiger partial charge in [0.05, 0.1) is 23.7 Å². The van der Waals surface area contributed by atoms with Crippen LogP contribution in [0.5, 0.6) is 5.75 Å². The predicted molar refractivity (Wildman–Crippen MR) is 149 cm³/mol. The van der Waals surface area contributed by atoms with Crippen LogP contribution in [0.25, 0.3) is 28.2 Å². The highest BCUT2D eigenvalue weighted by molar-refractivity contribution is 5.90. The van der Waals surface area contributed by atoms with Gasteiger partial charge in [-0.2, -0.15) is 26.3 Å². The second-order valence-electron chi connectivity index (χ2n) is 9.58. The van der Waals surface area contributed by atoms with Crippen molar-refractivity contribution >= 4 is 29.2 Å². The Morgan fingerprint density at radius 3 is 2.27 bits per heavy atom. The van der Waals surface area contributed by atoms with Crippen LogP contribution in [0.3, 0.4) is 0 Å². The van der Waals surface area contributed by atoms with Gasteiger partial charge in [-0.05, 0) is 38.1 Å². The van der Waals surface area contributed by atoms with Crippen molar-refractivity contribution in [2.24, 2.45) is 0 Å². The van der Waals surface area contributed by atoms with Gasteiger partial charge in [0.15, 0.2) is 0 Å². The van der Waals surface area contributed by atoms with Crippen molar-refractivity contribution in [3.8, 4) is 28.3 Å². The number of amides is 2. The number of pyridine rings is 1. The lowest BCUT2D eigenvalue weighted by molar-refractivity contribution is -0.192. The number of hydrogen-bond acceptors (Lipinski definition) is 7. The fraction of sp³-hybridized carbons (Fsp3) is 0.296. The number of carbonyl (C=O) groups is 2. The Labute approximate surface area is 246 Å². The summed E-state index contributed by atoms with van der Waals surface area (Å²) in [4.78, 5) is 36.0. The summed E-state index contributed by atoms with van der Waals surface area (Å²) in [5, 5.41) is 11.4.